The van der Waals surface area contributed by atoms with Crippen molar-refractivity contribution in [2.45, 2.75) is 12.1 Å². The molecular weight excluding hydrogens is 774 g/mol. The number of rotatable bonds is 15. The van der Waals surface area contributed by atoms with Crippen molar-refractivity contribution in [2.24, 2.45) is 0 Å². The van der Waals surface area contributed by atoms with Gasteiger partial charge in [0.1, 0.15) is 29.7 Å². The summed E-state index contributed by atoms with van der Waals surface area (Å²) in [5.74, 6) is 0.470. The first-order valence-corrected chi connectivity index (χ1v) is 19.6. The van der Waals surface area contributed by atoms with Crippen LogP contribution in [0.15, 0.2) is 134 Å². The molecule has 0 aliphatic carbocycles. The summed E-state index contributed by atoms with van der Waals surface area (Å²) in [7, 11) is 7.02. The molecule has 8 aromatic rings. The number of fused-ring (bicyclic) bond motifs is 2. The van der Waals surface area contributed by atoms with Crippen LogP contribution in [0.1, 0.15) is 43.9 Å². The molecule has 0 aliphatic rings. The van der Waals surface area contributed by atoms with E-state index in [1.54, 1.807) is 50.9 Å². The molecule has 2 atom stereocenters. The summed E-state index contributed by atoms with van der Waals surface area (Å²) in [6, 6.07) is 35.0. The highest BCUT2D eigenvalue weighted by Crippen LogP contribution is 2.31. The zero-order valence-electron chi connectivity index (χ0n) is 34.0. The number of aromatic amines is 2. The largest absolute Gasteiger partial charge is 0.497 e. The molecule has 0 spiro atoms. The lowest BCUT2D eigenvalue weighted by atomic mass is 10.00. The number of benzene rings is 6. The summed E-state index contributed by atoms with van der Waals surface area (Å²) in [5.41, 5.74) is 6.80. The van der Waals surface area contributed by atoms with E-state index < -0.39 is 23.8 Å². The Morgan fingerprint density at radius 3 is 1.98 bits per heavy atom. The molecule has 0 saturated heterocycles. The van der Waals surface area contributed by atoms with E-state index in [4.69, 9.17) is 14.2 Å². The van der Waals surface area contributed by atoms with E-state index in [9.17, 15) is 9.59 Å². The van der Waals surface area contributed by atoms with Crippen LogP contribution < -0.4 is 24.8 Å². The summed E-state index contributed by atoms with van der Waals surface area (Å²) in [5, 5.41) is 22.2. The third-order valence-electron chi connectivity index (χ3n) is 10.5. The highest BCUT2D eigenvalue weighted by atomic mass is 19.1. The monoisotopic (exact) mass is 817 g/mol. The first-order chi connectivity index (χ1) is 29.6. The van der Waals surface area contributed by atoms with E-state index in [1.807, 2.05) is 104 Å². The van der Waals surface area contributed by atoms with Crippen LogP contribution in [0, 0.1) is 5.82 Å². The van der Waals surface area contributed by atoms with E-state index in [1.165, 1.54) is 12.1 Å². The summed E-state index contributed by atoms with van der Waals surface area (Å²) >= 11 is 0. The molecule has 0 aliphatic heterocycles. The number of hydrogen-bond acceptors (Lipinski definition) is 8. The van der Waals surface area contributed by atoms with Crippen LogP contribution in [0.25, 0.3) is 44.1 Å². The second-order valence-electron chi connectivity index (χ2n) is 15.0. The zero-order valence-corrected chi connectivity index (χ0v) is 34.0. The Hall–Kier alpha value is -7.51. The minimum atomic E-state index is -0.660. The lowest BCUT2D eigenvalue weighted by Crippen LogP contribution is -2.35. The number of nitrogens with zero attached hydrogens (tertiary/aromatic N) is 3. The number of aromatic nitrogens is 4. The van der Waals surface area contributed by atoms with Gasteiger partial charge in [-0.25, -0.2) is 4.39 Å². The van der Waals surface area contributed by atoms with Gasteiger partial charge in [0.15, 0.2) is 0 Å². The van der Waals surface area contributed by atoms with E-state index in [2.05, 4.69) is 31.0 Å². The second-order valence-corrected chi connectivity index (χ2v) is 15.0. The molecular formula is C48H44FN7O5. The Labute approximate surface area is 351 Å². The van der Waals surface area contributed by atoms with Crippen molar-refractivity contribution in [1.82, 2.24) is 35.9 Å². The Morgan fingerprint density at radius 2 is 1.26 bits per heavy atom. The van der Waals surface area contributed by atoms with Gasteiger partial charge in [-0.1, -0.05) is 36.4 Å². The van der Waals surface area contributed by atoms with Crippen LogP contribution in [0.3, 0.4) is 0 Å². The summed E-state index contributed by atoms with van der Waals surface area (Å²) in [4.78, 5) is 29.9. The number of carbonyl (C=O) groups is 2. The number of hydrogen-bond donors (Lipinski definition) is 4. The molecule has 12 nitrogen and oxygen atoms in total. The van der Waals surface area contributed by atoms with Gasteiger partial charge in [0.05, 0.1) is 49.7 Å². The number of carbonyl (C=O) groups excluding carboxylic acids is 2. The number of likely N-dealkylation sites (N-methyl/N-ethyl adjacent to an activating group) is 1. The smallest absolute Gasteiger partial charge is 0.251 e. The van der Waals surface area contributed by atoms with Gasteiger partial charge in [-0.05, 0) is 121 Å². The lowest BCUT2D eigenvalue weighted by molar-refractivity contribution is 0.0917. The fourth-order valence-corrected chi connectivity index (χ4v) is 7.30. The van der Waals surface area contributed by atoms with Gasteiger partial charge in [0.25, 0.3) is 11.8 Å². The van der Waals surface area contributed by atoms with Gasteiger partial charge in [-0.2, -0.15) is 10.2 Å². The number of nitrogens with one attached hydrogen (secondary N) is 4. The Morgan fingerprint density at radius 1 is 0.639 bits per heavy atom. The van der Waals surface area contributed by atoms with Gasteiger partial charge >= 0.3 is 0 Å². The van der Waals surface area contributed by atoms with Crippen molar-refractivity contribution in [2.75, 3.05) is 41.5 Å². The highest BCUT2D eigenvalue weighted by Gasteiger charge is 2.22. The normalized spacial score (nSPS) is 12.3. The molecule has 0 fully saturated rings. The molecule has 6 aromatic carbocycles. The van der Waals surface area contributed by atoms with Gasteiger partial charge in [-0.15, -0.1) is 0 Å². The molecule has 0 radical (unpaired) electrons. The van der Waals surface area contributed by atoms with Crippen molar-refractivity contribution in [3.8, 4) is 39.5 Å². The van der Waals surface area contributed by atoms with Gasteiger partial charge < -0.3 is 29.7 Å². The Kier molecular flexibility index (Phi) is 11.7. The highest BCUT2D eigenvalue weighted by molar-refractivity contribution is 5.97. The van der Waals surface area contributed by atoms with Crippen molar-refractivity contribution < 1.29 is 28.2 Å². The van der Waals surface area contributed by atoms with Crippen molar-refractivity contribution in [1.29, 1.82) is 0 Å². The average molecular weight is 818 g/mol. The SMILES string of the molecule is COc1cccc(C(COc2cc(OC)cc(C(CN(C)C)NC(=O)c3cccc(-c4ccc5[nH]ncc5c4)c3)c2)NC(=O)c2ccc(F)c(-c3ccc4[nH]ncc4c3)c2)c1. The third kappa shape index (κ3) is 9.22. The molecule has 4 N–H and O–H groups in total. The van der Waals surface area contributed by atoms with Crippen LogP contribution in [-0.4, -0.2) is 78.6 Å². The molecule has 308 valence electrons. The minimum Gasteiger partial charge on any atom is -0.497 e. The first kappa shape index (κ1) is 40.3. The molecule has 2 aromatic heterocycles. The number of halogens is 1. The summed E-state index contributed by atoms with van der Waals surface area (Å²) < 4.78 is 32.9. The van der Waals surface area contributed by atoms with Crippen molar-refractivity contribution >= 4 is 33.6 Å². The van der Waals surface area contributed by atoms with Crippen LogP contribution in [0.5, 0.6) is 17.2 Å². The quantitative estimate of drug-likeness (QED) is 0.0806. The molecule has 2 unspecified atom stereocenters. The topological polar surface area (TPSA) is 146 Å². The maximum absolute atomic E-state index is 15.2. The molecule has 0 bridgehead atoms. The molecule has 0 saturated carbocycles. The predicted molar refractivity (Wildman–Crippen MR) is 233 cm³/mol. The van der Waals surface area contributed by atoms with E-state index in [0.29, 0.717) is 34.9 Å². The maximum Gasteiger partial charge on any atom is 0.251 e. The second kappa shape index (κ2) is 17.8. The Bertz CT molecular complexity index is 2850. The van der Waals surface area contributed by atoms with Crippen molar-refractivity contribution in [3.63, 3.8) is 0 Å². The van der Waals surface area contributed by atoms with Crippen LogP contribution >= 0.6 is 0 Å². The zero-order chi connectivity index (χ0) is 42.5. The summed E-state index contributed by atoms with van der Waals surface area (Å²) in [6.07, 6.45) is 3.44. The number of ether oxygens (including phenoxy) is 3. The fraction of sp³-hybridized carbons (Fsp3) is 0.167. The molecule has 8 rings (SSSR count). The summed E-state index contributed by atoms with van der Waals surface area (Å²) in [6.45, 7) is 0.492. The fourth-order valence-electron chi connectivity index (χ4n) is 7.30. The average Bonchev–Trinajstić information content (AvgIpc) is 3.97. The predicted octanol–water partition coefficient (Wildman–Crippen LogP) is 8.51. The first-order valence-electron chi connectivity index (χ1n) is 19.6. The van der Waals surface area contributed by atoms with Gasteiger partial charge in [0.2, 0.25) is 0 Å². The lowest BCUT2D eigenvalue weighted by Gasteiger charge is -2.25. The Balaban J connectivity index is 1.04. The van der Waals surface area contributed by atoms with E-state index >= 15 is 4.39 Å². The molecule has 13 heteroatoms. The van der Waals surface area contributed by atoms with Crippen LogP contribution in [0.4, 0.5) is 4.39 Å². The van der Waals surface area contributed by atoms with Crippen LogP contribution in [-0.2, 0) is 0 Å². The molecule has 2 heterocycles. The van der Waals surface area contributed by atoms with E-state index in [0.717, 1.165) is 44.1 Å². The van der Waals surface area contributed by atoms with Gasteiger partial charge in [-0.3, -0.25) is 19.8 Å². The number of amides is 2. The maximum atomic E-state index is 15.2. The minimum absolute atomic E-state index is 0.0127. The van der Waals surface area contributed by atoms with Crippen molar-refractivity contribution in [3.05, 3.63) is 162 Å². The number of methoxy groups -OCH3 is 2. The molecule has 61 heavy (non-hydrogen) atoms. The van der Waals surface area contributed by atoms with Crippen LogP contribution in [0.2, 0.25) is 0 Å². The standard InChI is InChI=1S/C48H44FN7O5/c1-56(2)27-45(52-47(57)33-9-5-7-29(17-33)30-12-15-43-36(18-30)25-50-54-43)35-21-39(60-4)24-40(22-35)61-28-46(32-8-6-10-38(20-32)59-3)53-48(58)34-11-14-42(49)41(23-34)31-13-16-44-37(19-31)26-51-55-44/h5-26,45-46H,27-28H2,1-4H3,(H,50,54)(H,51,55)(H,52,57)(H,53,58). The molecule has 2 amide bonds. The third-order valence-corrected chi connectivity index (χ3v) is 10.5. The van der Waals surface area contributed by atoms with E-state index in [-0.39, 0.29) is 23.6 Å². The number of H-pyrrole nitrogens is 2. The van der Waals surface area contributed by atoms with Gasteiger partial charge in [0, 0.05) is 40.1 Å².